The summed E-state index contributed by atoms with van der Waals surface area (Å²) in [7, 11) is 0. The number of carbonyl (C=O) groups is 1. The molecule has 0 radical (unpaired) electrons. The molecule has 0 unspecified atom stereocenters. The Kier molecular flexibility index (Phi) is 3.46. The van der Waals surface area contributed by atoms with E-state index in [2.05, 4.69) is 30.5 Å². The molecule has 9 nitrogen and oxygen atoms in total. The molecule has 0 bridgehead atoms. The van der Waals surface area contributed by atoms with Gasteiger partial charge in [0, 0.05) is 11.4 Å². The van der Waals surface area contributed by atoms with Crippen molar-refractivity contribution in [3.63, 3.8) is 0 Å². The molecule has 1 aromatic carbocycles. The quantitative estimate of drug-likeness (QED) is 0.610. The van der Waals surface area contributed by atoms with E-state index in [0.29, 0.717) is 17.2 Å². The highest BCUT2D eigenvalue weighted by atomic mass is 16.2. The highest BCUT2D eigenvalue weighted by molar-refractivity contribution is 6.02. The summed E-state index contributed by atoms with van der Waals surface area (Å²) in [6.07, 6.45) is 2.99. The van der Waals surface area contributed by atoms with E-state index < -0.39 is 5.91 Å². The lowest BCUT2D eigenvalue weighted by Crippen LogP contribution is -2.15. The zero-order valence-corrected chi connectivity index (χ0v) is 13.6. The lowest BCUT2D eigenvalue weighted by atomic mass is 10.2. The topological polar surface area (TPSA) is 103 Å². The Bertz CT molecular complexity index is 1070. The van der Waals surface area contributed by atoms with E-state index in [9.17, 15) is 4.79 Å². The van der Waals surface area contributed by atoms with Gasteiger partial charge in [-0.1, -0.05) is 12.1 Å². The zero-order valence-electron chi connectivity index (χ0n) is 13.6. The van der Waals surface area contributed by atoms with Crippen LogP contribution in [0.25, 0.3) is 11.5 Å². The van der Waals surface area contributed by atoms with Crippen LogP contribution in [0.15, 0.2) is 43.0 Å². The van der Waals surface area contributed by atoms with Crippen molar-refractivity contribution in [3.05, 3.63) is 60.2 Å². The van der Waals surface area contributed by atoms with E-state index in [4.69, 9.17) is 0 Å². The second-order valence-electron chi connectivity index (χ2n) is 5.50. The molecule has 1 N–H and O–H groups in total. The largest absolute Gasteiger partial charge is 0.317 e. The van der Waals surface area contributed by atoms with Crippen molar-refractivity contribution in [2.24, 2.45) is 0 Å². The van der Waals surface area contributed by atoms with Gasteiger partial charge in [0.15, 0.2) is 0 Å². The van der Waals surface area contributed by atoms with E-state index in [1.807, 2.05) is 38.1 Å². The van der Waals surface area contributed by atoms with Gasteiger partial charge in [0.1, 0.15) is 12.7 Å². The van der Waals surface area contributed by atoms with Crippen molar-refractivity contribution in [2.75, 3.05) is 5.32 Å². The van der Waals surface area contributed by atoms with Gasteiger partial charge in [0.2, 0.25) is 5.82 Å². The summed E-state index contributed by atoms with van der Waals surface area (Å²) in [6, 6.07) is 9.16. The number of anilines is 1. The standard InChI is InChI=1S/C16H14N8O/c1-10-7-11(2)24-16(19-10)21-14(22-24)15(25)20-12-5-3-4-6-13(12)23-9-17-8-18-23/h3-9H,1-2H3,(H,20,25). The molecule has 4 rings (SSSR count). The van der Waals surface area contributed by atoms with Crippen LogP contribution in [0.5, 0.6) is 0 Å². The fourth-order valence-corrected chi connectivity index (χ4v) is 2.55. The lowest BCUT2D eigenvalue weighted by molar-refractivity contribution is 0.101. The molecule has 124 valence electrons. The van der Waals surface area contributed by atoms with Crippen LogP contribution in [0.2, 0.25) is 0 Å². The summed E-state index contributed by atoms with van der Waals surface area (Å²) in [4.78, 5) is 25.0. The minimum atomic E-state index is -0.421. The van der Waals surface area contributed by atoms with Crippen LogP contribution < -0.4 is 5.32 Å². The van der Waals surface area contributed by atoms with Gasteiger partial charge in [-0.05, 0) is 32.0 Å². The third-order valence-corrected chi connectivity index (χ3v) is 3.64. The van der Waals surface area contributed by atoms with Gasteiger partial charge in [0.25, 0.3) is 11.7 Å². The van der Waals surface area contributed by atoms with Gasteiger partial charge in [0.05, 0.1) is 11.4 Å². The summed E-state index contributed by atoms with van der Waals surface area (Å²) < 4.78 is 3.12. The summed E-state index contributed by atoms with van der Waals surface area (Å²) in [5.41, 5.74) is 2.96. The number of aromatic nitrogens is 7. The molecule has 1 amide bonds. The Labute approximate surface area is 142 Å². The average Bonchev–Trinajstić information content (AvgIpc) is 3.24. The minimum absolute atomic E-state index is 0.0505. The van der Waals surface area contributed by atoms with Crippen molar-refractivity contribution in [1.82, 2.24) is 34.3 Å². The number of carbonyl (C=O) groups excluding carboxylic acids is 1. The number of hydrogen-bond acceptors (Lipinski definition) is 6. The van der Waals surface area contributed by atoms with Crippen LogP contribution in [0.1, 0.15) is 22.0 Å². The molecule has 0 aliphatic rings. The molecule has 0 spiro atoms. The van der Waals surface area contributed by atoms with Crippen molar-refractivity contribution < 1.29 is 4.79 Å². The van der Waals surface area contributed by atoms with Crippen LogP contribution in [0, 0.1) is 13.8 Å². The fraction of sp³-hybridized carbons (Fsp3) is 0.125. The van der Waals surface area contributed by atoms with Gasteiger partial charge in [-0.2, -0.15) is 10.1 Å². The smallest absolute Gasteiger partial charge is 0.295 e. The number of fused-ring (bicyclic) bond motifs is 1. The first-order valence-electron chi connectivity index (χ1n) is 7.58. The SMILES string of the molecule is Cc1cc(C)n2nc(C(=O)Nc3ccccc3-n3cncn3)nc2n1. The summed E-state index contributed by atoms with van der Waals surface area (Å²) >= 11 is 0. The van der Waals surface area contributed by atoms with Crippen molar-refractivity contribution in [2.45, 2.75) is 13.8 Å². The predicted octanol–water partition coefficient (Wildman–Crippen LogP) is 1.57. The van der Waals surface area contributed by atoms with Crippen molar-refractivity contribution >= 4 is 17.4 Å². The first-order valence-corrected chi connectivity index (χ1v) is 7.58. The third-order valence-electron chi connectivity index (χ3n) is 3.64. The molecule has 3 aromatic heterocycles. The molecular formula is C16H14N8O. The lowest BCUT2D eigenvalue weighted by Gasteiger charge is -2.09. The first kappa shape index (κ1) is 14.9. The maximum absolute atomic E-state index is 12.6. The minimum Gasteiger partial charge on any atom is -0.317 e. The van der Waals surface area contributed by atoms with E-state index >= 15 is 0 Å². The Morgan fingerprint density at radius 3 is 2.80 bits per heavy atom. The van der Waals surface area contributed by atoms with Gasteiger partial charge in [-0.25, -0.2) is 19.2 Å². The van der Waals surface area contributed by atoms with E-state index in [0.717, 1.165) is 11.4 Å². The van der Waals surface area contributed by atoms with Gasteiger partial charge < -0.3 is 5.32 Å². The molecule has 0 aliphatic carbocycles. The highest BCUT2D eigenvalue weighted by Crippen LogP contribution is 2.19. The van der Waals surface area contributed by atoms with Crippen molar-refractivity contribution in [1.29, 1.82) is 0 Å². The molecular weight excluding hydrogens is 320 g/mol. The number of nitrogens with zero attached hydrogens (tertiary/aromatic N) is 7. The second kappa shape index (κ2) is 5.78. The Hall–Kier alpha value is -3.62. The Morgan fingerprint density at radius 1 is 1.16 bits per heavy atom. The number of amides is 1. The van der Waals surface area contributed by atoms with Crippen LogP contribution >= 0.6 is 0 Å². The average molecular weight is 334 g/mol. The third kappa shape index (κ3) is 2.71. The number of para-hydroxylation sites is 2. The van der Waals surface area contributed by atoms with Gasteiger partial charge in [-0.3, -0.25) is 4.79 Å². The number of nitrogens with one attached hydrogen (secondary N) is 1. The molecule has 3 heterocycles. The normalized spacial score (nSPS) is 11.0. The van der Waals surface area contributed by atoms with E-state index in [1.165, 1.54) is 6.33 Å². The summed E-state index contributed by atoms with van der Waals surface area (Å²) in [5.74, 6) is 0.0249. The van der Waals surface area contributed by atoms with Crippen LogP contribution in [0.3, 0.4) is 0 Å². The number of hydrogen-bond donors (Lipinski definition) is 1. The Morgan fingerprint density at radius 2 is 2.00 bits per heavy atom. The monoisotopic (exact) mass is 334 g/mol. The molecule has 0 saturated carbocycles. The molecule has 4 aromatic rings. The van der Waals surface area contributed by atoms with Crippen LogP contribution in [-0.2, 0) is 0 Å². The number of benzene rings is 1. The van der Waals surface area contributed by atoms with E-state index in [1.54, 1.807) is 21.6 Å². The van der Waals surface area contributed by atoms with E-state index in [-0.39, 0.29) is 5.82 Å². The molecule has 0 saturated heterocycles. The Balaban J connectivity index is 1.69. The van der Waals surface area contributed by atoms with Crippen LogP contribution in [-0.4, -0.2) is 40.3 Å². The summed E-state index contributed by atoms with van der Waals surface area (Å²) in [6.45, 7) is 3.76. The molecule has 25 heavy (non-hydrogen) atoms. The van der Waals surface area contributed by atoms with Gasteiger partial charge in [-0.15, -0.1) is 5.10 Å². The second-order valence-corrected chi connectivity index (χ2v) is 5.50. The highest BCUT2D eigenvalue weighted by Gasteiger charge is 2.17. The molecule has 0 fully saturated rings. The summed E-state index contributed by atoms with van der Waals surface area (Å²) in [5, 5.41) is 11.1. The van der Waals surface area contributed by atoms with Crippen LogP contribution in [0.4, 0.5) is 5.69 Å². The molecule has 0 aliphatic heterocycles. The number of aryl methyl sites for hydroxylation is 2. The number of rotatable bonds is 3. The predicted molar refractivity (Wildman–Crippen MR) is 89.6 cm³/mol. The molecule has 9 heteroatoms. The maximum atomic E-state index is 12.6. The maximum Gasteiger partial charge on any atom is 0.295 e. The fourth-order valence-electron chi connectivity index (χ4n) is 2.55. The molecule has 0 atom stereocenters. The van der Waals surface area contributed by atoms with Gasteiger partial charge >= 0.3 is 0 Å². The van der Waals surface area contributed by atoms with Crippen molar-refractivity contribution in [3.8, 4) is 5.69 Å². The first-order chi connectivity index (χ1) is 12.1. The zero-order chi connectivity index (χ0) is 17.4.